The molecule has 2 amide bonds. The first-order valence-corrected chi connectivity index (χ1v) is 8.60. The van der Waals surface area contributed by atoms with E-state index in [0.29, 0.717) is 12.1 Å². The third-order valence-electron chi connectivity index (χ3n) is 2.79. The van der Waals surface area contributed by atoms with Crippen molar-refractivity contribution in [2.24, 2.45) is 0 Å². The first-order valence-electron chi connectivity index (χ1n) is 6.43. The standard InChI is InChI=1S/C15H16N2O2S2/c1-20-13-4-2-12(3-5-13)17-14(18)6-8-16-15(19)11-7-9-21-10-11/h2-5,7,9-10H,6,8H2,1H3,(H,16,19)(H,17,18). The lowest BCUT2D eigenvalue weighted by Gasteiger charge is -2.06. The van der Waals surface area contributed by atoms with Crippen LogP contribution >= 0.6 is 23.1 Å². The lowest BCUT2D eigenvalue weighted by Crippen LogP contribution is -2.27. The zero-order chi connectivity index (χ0) is 15.1. The number of amides is 2. The van der Waals surface area contributed by atoms with Crippen molar-refractivity contribution in [2.45, 2.75) is 11.3 Å². The van der Waals surface area contributed by atoms with Crippen LogP contribution in [-0.2, 0) is 4.79 Å². The van der Waals surface area contributed by atoms with Crippen LogP contribution in [0.2, 0.25) is 0 Å². The lowest BCUT2D eigenvalue weighted by molar-refractivity contribution is -0.116. The first-order chi connectivity index (χ1) is 10.2. The molecule has 1 aromatic carbocycles. The largest absolute Gasteiger partial charge is 0.351 e. The number of anilines is 1. The second-order valence-corrected chi connectivity index (χ2v) is 5.95. The minimum atomic E-state index is -0.145. The Bertz CT molecular complexity index is 595. The number of thioether (sulfide) groups is 1. The fraction of sp³-hybridized carbons (Fsp3) is 0.200. The Labute approximate surface area is 131 Å². The number of rotatable bonds is 6. The van der Waals surface area contributed by atoms with Gasteiger partial charge in [0.15, 0.2) is 0 Å². The maximum Gasteiger partial charge on any atom is 0.252 e. The van der Waals surface area contributed by atoms with Crippen molar-refractivity contribution in [3.63, 3.8) is 0 Å². The van der Waals surface area contributed by atoms with Gasteiger partial charge >= 0.3 is 0 Å². The smallest absolute Gasteiger partial charge is 0.252 e. The van der Waals surface area contributed by atoms with E-state index in [1.54, 1.807) is 23.2 Å². The normalized spacial score (nSPS) is 10.1. The van der Waals surface area contributed by atoms with E-state index in [2.05, 4.69) is 10.6 Å². The van der Waals surface area contributed by atoms with Crippen LogP contribution in [0, 0.1) is 0 Å². The van der Waals surface area contributed by atoms with Gasteiger partial charge in [-0.25, -0.2) is 0 Å². The number of nitrogens with one attached hydrogen (secondary N) is 2. The van der Waals surface area contributed by atoms with E-state index in [4.69, 9.17) is 0 Å². The van der Waals surface area contributed by atoms with Gasteiger partial charge in [0.2, 0.25) is 5.91 Å². The van der Waals surface area contributed by atoms with Crippen LogP contribution in [0.1, 0.15) is 16.8 Å². The lowest BCUT2D eigenvalue weighted by atomic mass is 10.3. The Balaban J connectivity index is 1.73. The highest BCUT2D eigenvalue weighted by Crippen LogP contribution is 2.17. The third-order valence-corrected chi connectivity index (χ3v) is 4.22. The first kappa shape index (κ1) is 15.6. The molecule has 21 heavy (non-hydrogen) atoms. The summed E-state index contributed by atoms with van der Waals surface area (Å²) in [6, 6.07) is 9.41. The fourth-order valence-corrected chi connectivity index (χ4v) is 2.73. The molecule has 0 radical (unpaired) electrons. The highest BCUT2D eigenvalue weighted by atomic mass is 32.2. The molecule has 1 aromatic heterocycles. The van der Waals surface area contributed by atoms with Crippen molar-refractivity contribution in [1.29, 1.82) is 0 Å². The van der Waals surface area contributed by atoms with Crippen molar-refractivity contribution in [2.75, 3.05) is 18.1 Å². The van der Waals surface area contributed by atoms with Crippen LogP contribution in [0.4, 0.5) is 5.69 Å². The number of hydrogen-bond donors (Lipinski definition) is 2. The van der Waals surface area contributed by atoms with E-state index in [9.17, 15) is 9.59 Å². The fourth-order valence-electron chi connectivity index (χ4n) is 1.68. The van der Waals surface area contributed by atoms with Gasteiger partial charge in [-0.3, -0.25) is 9.59 Å². The molecule has 2 aromatic rings. The maximum absolute atomic E-state index is 11.8. The molecule has 0 bridgehead atoms. The Hall–Kier alpha value is -1.79. The van der Waals surface area contributed by atoms with E-state index in [-0.39, 0.29) is 18.2 Å². The van der Waals surface area contributed by atoms with Crippen LogP contribution in [0.15, 0.2) is 46.0 Å². The van der Waals surface area contributed by atoms with Gasteiger partial charge in [-0.2, -0.15) is 11.3 Å². The van der Waals surface area contributed by atoms with Gasteiger partial charge in [-0.15, -0.1) is 11.8 Å². The summed E-state index contributed by atoms with van der Waals surface area (Å²) in [5, 5.41) is 9.16. The van der Waals surface area contributed by atoms with Gasteiger partial charge < -0.3 is 10.6 Å². The molecule has 2 rings (SSSR count). The molecule has 0 aliphatic heterocycles. The molecule has 0 saturated carbocycles. The average molecular weight is 320 g/mol. The quantitative estimate of drug-likeness (QED) is 0.804. The molecular weight excluding hydrogens is 304 g/mol. The third kappa shape index (κ3) is 4.91. The Morgan fingerprint density at radius 2 is 1.95 bits per heavy atom. The molecule has 0 fully saturated rings. The Morgan fingerprint density at radius 3 is 2.57 bits per heavy atom. The molecular formula is C15H16N2O2S2. The molecule has 0 spiro atoms. The molecule has 0 aliphatic rings. The summed E-state index contributed by atoms with van der Waals surface area (Å²) in [4.78, 5) is 24.6. The van der Waals surface area contributed by atoms with Gasteiger partial charge in [-0.1, -0.05) is 0 Å². The molecule has 110 valence electrons. The van der Waals surface area contributed by atoms with E-state index in [1.807, 2.05) is 35.9 Å². The molecule has 0 atom stereocenters. The highest BCUT2D eigenvalue weighted by molar-refractivity contribution is 7.98. The van der Waals surface area contributed by atoms with Crippen molar-refractivity contribution in [1.82, 2.24) is 5.32 Å². The molecule has 1 heterocycles. The Kier molecular flexibility index (Phi) is 5.83. The summed E-state index contributed by atoms with van der Waals surface area (Å²) in [5.41, 5.74) is 1.40. The molecule has 0 aliphatic carbocycles. The van der Waals surface area contributed by atoms with Crippen LogP contribution in [-0.4, -0.2) is 24.6 Å². The van der Waals surface area contributed by atoms with Crippen molar-refractivity contribution < 1.29 is 9.59 Å². The topological polar surface area (TPSA) is 58.2 Å². The number of carbonyl (C=O) groups excluding carboxylic acids is 2. The summed E-state index contributed by atoms with van der Waals surface area (Å²) in [6.07, 6.45) is 2.25. The number of thiophene rings is 1. The average Bonchev–Trinajstić information content (AvgIpc) is 3.02. The second-order valence-electron chi connectivity index (χ2n) is 4.29. The molecule has 0 unspecified atom stereocenters. The van der Waals surface area contributed by atoms with Crippen LogP contribution in [0.25, 0.3) is 0 Å². The SMILES string of the molecule is CSc1ccc(NC(=O)CCNC(=O)c2ccsc2)cc1. The monoisotopic (exact) mass is 320 g/mol. The number of benzene rings is 1. The minimum absolute atomic E-state index is 0.113. The van der Waals surface area contributed by atoms with E-state index in [0.717, 1.165) is 10.6 Å². The summed E-state index contributed by atoms with van der Waals surface area (Å²) in [6.45, 7) is 0.323. The van der Waals surface area contributed by atoms with Gasteiger partial charge in [0, 0.05) is 34.5 Å². The molecule has 6 heteroatoms. The number of hydrogen-bond acceptors (Lipinski definition) is 4. The van der Waals surface area contributed by atoms with Gasteiger partial charge in [0.1, 0.15) is 0 Å². The van der Waals surface area contributed by atoms with E-state index in [1.165, 1.54) is 11.3 Å². The molecule has 0 saturated heterocycles. The zero-order valence-corrected chi connectivity index (χ0v) is 13.2. The number of carbonyl (C=O) groups is 2. The summed E-state index contributed by atoms with van der Waals surface area (Å²) >= 11 is 3.12. The molecule has 4 nitrogen and oxygen atoms in total. The van der Waals surface area contributed by atoms with Crippen molar-refractivity contribution in [3.8, 4) is 0 Å². The molecule has 2 N–H and O–H groups in total. The maximum atomic E-state index is 11.8. The van der Waals surface area contributed by atoms with Crippen LogP contribution < -0.4 is 10.6 Å². The van der Waals surface area contributed by atoms with Gasteiger partial charge in [0.25, 0.3) is 5.91 Å². The Morgan fingerprint density at radius 1 is 1.19 bits per heavy atom. The summed E-state index contributed by atoms with van der Waals surface area (Å²) in [5.74, 6) is -0.258. The van der Waals surface area contributed by atoms with Crippen molar-refractivity contribution >= 4 is 40.6 Å². The van der Waals surface area contributed by atoms with Gasteiger partial charge in [-0.05, 0) is 42.0 Å². The highest BCUT2D eigenvalue weighted by Gasteiger charge is 2.07. The summed E-state index contributed by atoms with van der Waals surface area (Å²) < 4.78 is 0. The predicted octanol–water partition coefficient (Wildman–Crippen LogP) is 3.23. The second kappa shape index (κ2) is 7.85. The van der Waals surface area contributed by atoms with Crippen LogP contribution in [0.3, 0.4) is 0 Å². The van der Waals surface area contributed by atoms with Crippen molar-refractivity contribution in [3.05, 3.63) is 46.7 Å². The van der Waals surface area contributed by atoms with E-state index < -0.39 is 0 Å². The van der Waals surface area contributed by atoms with Crippen LogP contribution in [0.5, 0.6) is 0 Å². The summed E-state index contributed by atoms with van der Waals surface area (Å²) in [7, 11) is 0. The van der Waals surface area contributed by atoms with E-state index >= 15 is 0 Å². The van der Waals surface area contributed by atoms with Gasteiger partial charge in [0.05, 0.1) is 0 Å². The zero-order valence-electron chi connectivity index (χ0n) is 11.6. The predicted molar refractivity (Wildman–Crippen MR) is 88.1 cm³/mol. The minimum Gasteiger partial charge on any atom is -0.351 e.